The van der Waals surface area contributed by atoms with E-state index >= 15 is 0 Å². The number of nitrogens with one attached hydrogen (secondary N) is 1. The topological polar surface area (TPSA) is 45.1 Å². The molecule has 106 valence electrons. The molecule has 1 aromatic carbocycles. The van der Waals surface area contributed by atoms with Crippen LogP contribution in [0.15, 0.2) is 48.7 Å². The Morgan fingerprint density at radius 1 is 1.20 bits per heavy atom. The Kier molecular flexibility index (Phi) is 5.12. The number of aliphatic hydroxyl groups is 1. The summed E-state index contributed by atoms with van der Waals surface area (Å²) in [5, 5.41) is 14.3. The Balaban J connectivity index is 1.83. The van der Waals surface area contributed by atoms with Gasteiger partial charge in [-0.15, -0.1) is 0 Å². The van der Waals surface area contributed by atoms with E-state index in [1.165, 1.54) is 0 Å². The zero-order chi connectivity index (χ0) is 14.4. The maximum Gasteiger partial charge on any atom is 0.133 e. The summed E-state index contributed by atoms with van der Waals surface area (Å²) in [5.74, 6) is 0. The SMILES string of the molecule is CC(O)(CCNCc1cccnc1Cl)c1ccccc1. The molecule has 0 saturated carbocycles. The molecule has 0 aliphatic rings. The number of hydrogen-bond donors (Lipinski definition) is 2. The van der Waals surface area contributed by atoms with E-state index in [9.17, 15) is 5.11 Å². The van der Waals surface area contributed by atoms with E-state index in [0.29, 0.717) is 24.7 Å². The van der Waals surface area contributed by atoms with Crippen molar-refractivity contribution in [3.05, 3.63) is 64.9 Å². The molecule has 0 bridgehead atoms. The van der Waals surface area contributed by atoms with Crippen molar-refractivity contribution in [3.8, 4) is 0 Å². The predicted molar refractivity (Wildman–Crippen MR) is 81.6 cm³/mol. The zero-order valence-electron chi connectivity index (χ0n) is 11.5. The molecule has 1 aromatic heterocycles. The van der Waals surface area contributed by atoms with Crippen LogP contribution in [0.4, 0.5) is 0 Å². The van der Waals surface area contributed by atoms with Crippen molar-refractivity contribution in [1.29, 1.82) is 0 Å². The van der Waals surface area contributed by atoms with Crippen LogP contribution >= 0.6 is 11.6 Å². The molecule has 0 radical (unpaired) electrons. The standard InChI is InChI=1S/C16H19ClN2O/c1-16(20,14-7-3-2-4-8-14)9-11-18-12-13-6-5-10-19-15(13)17/h2-8,10,18,20H,9,11-12H2,1H3. The number of aromatic nitrogens is 1. The molecule has 0 saturated heterocycles. The number of halogens is 1. The number of nitrogens with zero attached hydrogens (tertiary/aromatic N) is 1. The number of pyridine rings is 1. The molecule has 1 unspecified atom stereocenters. The summed E-state index contributed by atoms with van der Waals surface area (Å²) in [6.07, 6.45) is 2.31. The van der Waals surface area contributed by atoms with Crippen molar-refractivity contribution in [1.82, 2.24) is 10.3 Å². The lowest BCUT2D eigenvalue weighted by atomic mass is 9.93. The quantitative estimate of drug-likeness (QED) is 0.635. The number of hydrogen-bond acceptors (Lipinski definition) is 3. The minimum Gasteiger partial charge on any atom is -0.385 e. The summed E-state index contributed by atoms with van der Waals surface area (Å²) in [7, 11) is 0. The molecule has 0 aliphatic heterocycles. The van der Waals surface area contributed by atoms with Crippen molar-refractivity contribution < 1.29 is 5.11 Å². The number of benzene rings is 1. The minimum atomic E-state index is -0.826. The molecule has 2 N–H and O–H groups in total. The van der Waals surface area contributed by atoms with Gasteiger partial charge in [-0.1, -0.05) is 48.0 Å². The summed E-state index contributed by atoms with van der Waals surface area (Å²) in [4.78, 5) is 4.03. The molecule has 2 rings (SSSR count). The average Bonchev–Trinajstić information content (AvgIpc) is 2.46. The summed E-state index contributed by atoms with van der Waals surface area (Å²) >= 11 is 5.99. The van der Waals surface area contributed by atoms with Gasteiger partial charge in [0, 0.05) is 18.3 Å². The van der Waals surface area contributed by atoms with Gasteiger partial charge in [0.25, 0.3) is 0 Å². The molecule has 3 nitrogen and oxygen atoms in total. The maximum absolute atomic E-state index is 10.5. The molecule has 20 heavy (non-hydrogen) atoms. The Hall–Kier alpha value is -1.42. The molecule has 1 heterocycles. The Morgan fingerprint density at radius 3 is 2.65 bits per heavy atom. The van der Waals surface area contributed by atoms with Gasteiger partial charge in [0.05, 0.1) is 5.60 Å². The summed E-state index contributed by atoms with van der Waals surface area (Å²) in [5.41, 5.74) is 1.07. The molecule has 0 spiro atoms. The minimum absolute atomic E-state index is 0.523. The van der Waals surface area contributed by atoms with Crippen LogP contribution < -0.4 is 5.32 Å². The normalized spacial score (nSPS) is 13.9. The van der Waals surface area contributed by atoms with E-state index in [4.69, 9.17) is 11.6 Å². The van der Waals surface area contributed by atoms with Crippen LogP contribution in [0.3, 0.4) is 0 Å². The van der Waals surface area contributed by atoms with Crippen molar-refractivity contribution >= 4 is 11.6 Å². The third kappa shape index (κ3) is 4.04. The third-order valence-corrected chi connectivity index (χ3v) is 3.68. The highest BCUT2D eigenvalue weighted by atomic mass is 35.5. The fourth-order valence-corrected chi connectivity index (χ4v) is 2.23. The Labute approximate surface area is 124 Å². The fourth-order valence-electron chi connectivity index (χ4n) is 2.05. The van der Waals surface area contributed by atoms with E-state index in [1.807, 2.05) is 49.4 Å². The van der Waals surface area contributed by atoms with Crippen LogP contribution in [-0.4, -0.2) is 16.6 Å². The lowest BCUT2D eigenvalue weighted by Gasteiger charge is -2.24. The summed E-state index contributed by atoms with van der Waals surface area (Å²) < 4.78 is 0. The van der Waals surface area contributed by atoms with Gasteiger partial charge >= 0.3 is 0 Å². The van der Waals surface area contributed by atoms with Gasteiger partial charge in [-0.25, -0.2) is 4.98 Å². The van der Waals surface area contributed by atoms with E-state index in [-0.39, 0.29) is 0 Å². The fraction of sp³-hybridized carbons (Fsp3) is 0.312. The highest BCUT2D eigenvalue weighted by molar-refractivity contribution is 6.30. The zero-order valence-corrected chi connectivity index (χ0v) is 12.3. The van der Waals surface area contributed by atoms with Gasteiger partial charge in [0.15, 0.2) is 0 Å². The van der Waals surface area contributed by atoms with Gasteiger partial charge in [-0.3, -0.25) is 0 Å². The molecule has 1 atom stereocenters. The van der Waals surface area contributed by atoms with E-state index in [2.05, 4.69) is 10.3 Å². The van der Waals surface area contributed by atoms with E-state index < -0.39 is 5.60 Å². The van der Waals surface area contributed by atoms with Crippen molar-refractivity contribution in [2.24, 2.45) is 0 Å². The lowest BCUT2D eigenvalue weighted by molar-refractivity contribution is 0.0479. The van der Waals surface area contributed by atoms with Crippen LogP contribution in [-0.2, 0) is 12.1 Å². The summed E-state index contributed by atoms with van der Waals surface area (Å²) in [6, 6.07) is 13.5. The van der Waals surface area contributed by atoms with Crippen molar-refractivity contribution in [2.45, 2.75) is 25.5 Å². The maximum atomic E-state index is 10.5. The third-order valence-electron chi connectivity index (χ3n) is 3.34. The van der Waals surface area contributed by atoms with Gasteiger partial charge in [0.1, 0.15) is 5.15 Å². The molecule has 2 aromatic rings. The molecule has 0 amide bonds. The van der Waals surface area contributed by atoms with Crippen molar-refractivity contribution in [3.63, 3.8) is 0 Å². The monoisotopic (exact) mass is 290 g/mol. The molecule has 0 fully saturated rings. The molecule has 4 heteroatoms. The Bertz CT molecular complexity index is 543. The van der Waals surface area contributed by atoms with E-state index in [0.717, 1.165) is 11.1 Å². The molecule has 0 aliphatic carbocycles. The predicted octanol–water partition coefficient (Wildman–Crippen LogP) is 3.12. The summed E-state index contributed by atoms with van der Waals surface area (Å²) in [6.45, 7) is 3.19. The van der Waals surface area contributed by atoms with E-state index in [1.54, 1.807) is 6.20 Å². The van der Waals surface area contributed by atoms with Crippen LogP contribution in [0, 0.1) is 0 Å². The first-order valence-electron chi connectivity index (χ1n) is 6.67. The van der Waals surface area contributed by atoms with Crippen LogP contribution in [0.1, 0.15) is 24.5 Å². The number of rotatable bonds is 6. The second-order valence-electron chi connectivity index (χ2n) is 5.02. The van der Waals surface area contributed by atoms with Crippen LogP contribution in [0.25, 0.3) is 0 Å². The van der Waals surface area contributed by atoms with Gasteiger partial charge in [-0.05, 0) is 31.5 Å². The van der Waals surface area contributed by atoms with Gasteiger partial charge < -0.3 is 10.4 Å². The highest BCUT2D eigenvalue weighted by Gasteiger charge is 2.21. The average molecular weight is 291 g/mol. The second kappa shape index (κ2) is 6.84. The first-order valence-corrected chi connectivity index (χ1v) is 7.05. The first-order chi connectivity index (χ1) is 9.59. The first kappa shape index (κ1) is 15.0. The van der Waals surface area contributed by atoms with Crippen LogP contribution in [0.5, 0.6) is 0 Å². The lowest BCUT2D eigenvalue weighted by Crippen LogP contribution is -2.27. The second-order valence-corrected chi connectivity index (χ2v) is 5.38. The van der Waals surface area contributed by atoms with Crippen LogP contribution in [0.2, 0.25) is 5.15 Å². The smallest absolute Gasteiger partial charge is 0.133 e. The highest BCUT2D eigenvalue weighted by Crippen LogP contribution is 2.23. The van der Waals surface area contributed by atoms with Gasteiger partial charge in [-0.2, -0.15) is 0 Å². The molecular formula is C16H19ClN2O. The van der Waals surface area contributed by atoms with Gasteiger partial charge in [0.2, 0.25) is 0 Å². The van der Waals surface area contributed by atoms with Crippen molar-refractivity contribution in [2.75, 3.05) is 6.54 Å². The largest absolute Gasteiger partial charge is 0.385 e. The Morgan fingerprint density at radius 2 is 1.95 bits per heavy atom. The molecular weight excluding hydrogens is 272 g/mol.